The largest absolute Gasteiger partial charge is 0.483 e. The summed E-state index contributed by atoms with van der Waals surface area (Å²) >= 11 is 0. The standard InChI is InChI=1S/C14H22N2O3/c1-10-4-5-13(12(8-10)11(2)15)19-9-14(17)16-6-7-18-3/h4-5,8,11H,6-7,9,15H2,1-3H3,(H,16,17)/t11-/m0/s1. The Hall–Kier alpha value is -1.59. The minimum absolute atomic E-state index is 0.0213. The maximum absolute atomic E-state index is 11.5. The molecule has 1 rings (SSSR count). The van der Waals surface area contributed by atoms with Crippen LogP contribution in [0.1, 0.15) is 24.1 Å². The van der Waals surface area contributed by atoms with Gasteiger partial charge in [-0.1, -0.05) is 17.7 Å². The number of amides is 1. The van der Waals surface area contributed by atoms with Crippen LogP contribution in [0, 0.1) is 6.92 Å². The van der Waals surface area contributed by atoms with Crippen molar-refractivity contribution in [2.24, 2.45) is 5.73 Å². The van der Waals surface area contributed by atoms with Crippen molar-refractivity contribution in [3.05, 3.63) is 29.3 Å². The zero-order chi connectivity index (χ0) is 14.3. The third-order valence-corrected chi connectivity index (χ3v) is 2.64. The fourth-order valence-corrected chi connectivity index (χ4v) is 1.64. The Bertz CT molecular complexity index is 419. The Morgan fingerprint density at radius 3 is 2.84 bits per heavy atom. The van der Waals surface area contributed by atoms with E-state index in [0.717, 1.165) is 11.1 Å². The van der Waals surface area contributed by atoms with Crippen molar-refractivity contribution in [1.82, 2.24) is 5.32 Å². The fourth-order valence-electron chi connectivity index (χ4n) is 1.64. The van der Waals surface area contributed by atoms with Gasteiger partial charge in [0.05, 0.1) is 6.61 Å². The lowest BCUT2D eigenvalue weighted by Crippen LogP contribution is -2.31. The summed E-state index contributed by atoms with van der Waals surface area (Å²) in [7, 11) is 1.59. The summed E-state index contributed by atoms with van der Waals surface area (Å²) in [6.07, 6.45) is 0. The van der Waals surface area contributed by atoms with Crippen LogP contribution in [-0.2, 0) is 9.53 Å². The normalized spacial score (nSPS) is 12.0. The monoisotopic (exact) mass is 266 g/mol. The van der Waals surface area contributed by atoms with Crippen LogP contribution >= 0.6 is 0 Å². The maximum Gasteiger partial charge on any atom is 0.258 e. The molecule has 0 fully saturated rings. The number of ether oxygens (including phenoxy) is 2. The second-order valence-electron chi connectivity index (χ2n) is 4.46. The molecule has 3 N–H and O–H groups in total. The number of nitrogens with two attached hydrogens (primary N) is 1. The molecule has 19 heavy (non-hydrogen) atoms. The summed E-state index contributed by atoms with van der Waals surface area (Å²) in [6, 6.07) is 5.62. The summed E-state index contributed by atoms with van der Waals surface area (Å²) < 4.78 is 10.4. The van der Waals surface area contributed by atoms with E-state index in [1.807, 2.05) is 32.0 Å². The molecule has 1 aromatic carbocycles. The molecule has 0 aliphatic carbocycles. The highest BCUT2D eigenvalue weighted by Crippen LogP contribution is 2.24. The summed E-state index contributed by atoms with van der Waals surface area (Å²) in [5.41, 5.74) is 7.91. The van der Waals surface area contributed by atoms with Gasteiger partial charge >= 0.3 is 0 Å². The van der Waals surface area contributed by atoms with Crippen LogP contribution in [0.25, 0.3) is 0 Å². The fraction of sp³-hybridized carbons (Fsp3) is 0.500. The number of carbonyl (C=O) groups excluding carboxylic acids is 1. The highest BCUT2D eigenvalue weighted by molar-refractivity contribution is 5.77. The van der Waals surface area contributed by atoms with Crippen molar-refractivity contribution in [3.8, 4) is 5.75 Å². The van der Waals surface area contributed by atoms with E-state index in [1.54, 1.807) is 7.11 Å². The summed E-state index contributed by atoms with van der Waals surface area (Å²) in [6.45, 7) is 4.83. The van der Waals surface area contributed by atoms with Gasteiger partial charge in [-0.05, 0) is 19.9 Å². The van der Waals surface area contributed by atoms with E-state index in [2.05, 4.69) is 5.32 Å². The van der Waals surface area contributed by atoms with Gasteiger partial charge in [0.1, 0.15) is 5.75 Å². The number of hydrogen-bond donors (Lipinski definition) is 2. The maximum atomic E-state index is 11.5. The molecule has 0 saturated carbocycles. The van der Waals surface area contributed by atoms with Crippen molar-refractivity contribution in [2.75, 3.05) is 26.9 Å². The number of methoxy groups -OCH3 is 1. The van der Waals surface area contributed by atoms with Crippen LogP contribution in [0.3, 0.4) is 0 Å². The SMILES string of the molecule is COCCNC(=O)COc1ccc(C)cc1[C@H](C)N. The van der Waals surface area contributed by atoms with Gasteiger partial charge in [-0.3, -0.25) is 4.79 Å². The van der Waals surface area contributed by atoms with Crippen molar-refractivity contribution < 1.29 is 14.3 Å². The molecule has 0 bridgehead atoms. The zero-order valence-electron chi connectivity index (χ0n) is 11.7. The lowest BCUT2D eigenvalue weighted by molar-refractivity contribution is -0.123. The molecule has 0 saturated heterocycles. The Morgan fingerprint density at radius 1 is 1.47 bits per heavy atom. The summed E-state index contributed by atoms with van der Waals surface area (Å²) in [5.74, 6) is 0.482. The minimum atomic E-state index is -0.173. The first kappa shape index (κ1) is 15.5. The third-order valence-electron chi connectivity index (χ3n) is 2.64. The predicted molar refractivity (Wildman–Crippen MR) is 74.2 cm³/mol. The number of nitrogens with one attached hydrogen (secondary N) is 1. The zero-order valence-corrected chi connectivity index (χ0v) is 11.7. The number of rotatable bonds is 7. The average molecular weight is 266 g/mol. The number of aryl methyl sites for hydroxylation is 1. The first-order valence-electron chi connectivity index (χ1n) is 6.29. The van der Waals surface area contributed by atoms with Crippen LogP contribution in [0.2, 0.25) is 0 Å². The molecular formula is C14H22N2O3. The van der Waals surface area contributed by atoms with Crippen molar-refractivity contribution in [3.63, 3.8) is 0 Å². The van der Waals surface area contributed by atoms with Gasteiger partial charge in [-0.15, -0.1) is 0 Å². The van der Waals surface area contributed by atoms with Gasteiger partial charge in [0, 0.05) is 25.3 Å². The van der Waals surface area contributed by atoms with E-state index in [1.165, 1.54) is 0 Å². The summed E-state index contributed by atoms with van der Waals surface area (Å²) in [5, 5.41) is 2.69. The topological polar surface area (TPSA) is 73.6 Å². The molecule has 0 aliphatic heterocycles. The molecule has 0 spiro atoms. The highest BCUT2D eigenvalue weighted by Gasteiger charge is 2.10. The predicted octanol–water partition coefficient (Wildman–Crippen LogP) is 1.16. The lowest BCUT2D eigenvalue weighted by atomic mass is 10.1. The molecule has 106 valence electrons. The second-order valence-corrected chi connectivity index (χ2v) is 4.46. The lowest BCUT2D eigenvalue weighted by Gasteiger charge is -2.14. The number of benzene rings is 1. The molecule has 0 radical (unpaired) electrons. The molecule has 0 aromatic heterocycles. The van der Waals surface area contributed by atoms with Gasteiger partial charge in [-0.2, -0.15) is 0 Å². The van der Waals surface area contributed by atoms with Crippen molar-refractivity contribution >= 4 is 5.91 Å². The minimum Gasteiger partial charge on any atom is -0.483 e. The van der Waals surface area contributed by atoms with Crippen LogP contribution in [0.4, 0.5) is 0 Å². The van der Waals surface area contributed by atoms with Crippen molar-refractivity contribution in [2.45, 2.75) is 19.9 Å². The molecule has 5 nitrogen and oxygen atoms in total. The Kier molecular flexibility index (Phi) is 6.32. The van der Waals surface area contributed by atoms with Gasteiger partial charge in [0.2, 0.25) is 0 Å². The molecule has 1 atom stereocenters. The quantitative estimate of drug-likeness (QED) is 0.726. The van der Waals surface area contributed by atoms with Gasteiger partial charge in [0.25, 0.3) is 5.91 Å². The van der Waals surface area contributed by atoms with E-state index in [-0.39, 0.29) is 18.6 Å². The van der Waals surface area contributed by atoms with Gasteiger partial charge in [-0.25, -0.2) is 0 Å². The van der Waals surface area contributed by atoms with E-state index < -0.39 is 0 Å². The second kappa shape index (κ2) is 7.76. The van der Waals surface area contributed by atoms with Gasteiger partial charge in [0.15, 0.2) is 6.61 Å². The molecule has 0 heterocycles. The molecule has 0 unspecified atom stereocenters. The van der Waals surface area contributed by atoms with Gasteiger partial charge < -0.3 is 20.5 Å². The van der Waals surface area contributed by atoms with Crippen molar-refractivity contribution in [1.29, 1.82) is 0 Å². The Balaban J connectivity index is 2.55. The number of carbonyl (C=O) groups is 1. The van der Waals surface area contributed by atoms with E-state index in [0.29, 0.717) is 18.9 Å². The first-order valence-corrected chi connectivity index (χ1v) is 6.29. The molecule has 5 heteroatoms. The van der Waals surface area contributed by atoms with Crippen LogP contribution in [-0.4, -0.2) is 32.8 Å². The molecular weight excluding hydrogens is 244 g/mol. The van der Waals surface area contributed by atoms with E-state index in [9.17, 15) is 4.79 Å². The van der Waals surface area contributed by atoms with Crippen LogP contribution in [0.15, 0.2) is 18.2 Å². The smallest absolute Gasteiger partial charge is 0.258 e. The van der Waals surface area contributed by atoms with E-state index >= 15 is 0 Å². The first-order chi connectivity index (χ1) is 9.04. The third kappa shape index (κ3) is 5.28. The molecule has 1 amide bonds. The highest BCUT2D eigenvalue weighted by atomic mass is 16.5. The molecule has 0 aliphatic rings. The molecule has 1 aromatic rings. The Labute approximate surface area is 114 Å². The van der Waals surface area contributed by atoms with E-state index in [4.69, 9.17) is 15.2 Å². The summed E-state index contributed by atoms with van der Waals surface area (Å²) in [4.78, 5) is 11.5. The number of hydrogen-bond acceptors (Lipinski definition) is 4. The van der Waals surface area contributed by atoms with Crippen LogP contribution in [0.5, 0.6) is 5.75 Å². The van der Waals surface area contributed by atoms with Crippen LogP contribution < -0.4 is 15.8 Å². The average Bonchev–Trinajstić information content (AvgIpc) is 2.37. The Morgan fingerprint density at radius 2 is 2.21 bits per heavy atom.